The van der Waals surface area contributed by atoms with Gasteiger partial charge in [-0.25, -0.2) is 0 Å². The van der Waals surface area contributed by atoms with E-state index in [4.69, 9.17) is 21.7 Å². The van der Waals surface area contributed by atoms with Crippen LogP contribution in [0, 0.1) is 6.92 Å². The Hall–Kier alpha value is -2.31. The molecular formula is C20H19NO3S2. The van der Waals surface area contributed by atoms with E-state index in [2.05, 4.69) is 0 Å². The van der Waals surface area contributed by atoms with Crippen LogP contribution in [0.1, 0.15) is 18.1 Å². The largest absolute Gasteiger partial charge is 0.493 e. The number of aryl methyl sites for hydroxylation is 1. The molecule has 0 saturated carbocycles. The van der Waals surface area contributed by atoms with Crippen molar-refractivity contribution >= 4 is 46.0 Å². The quantitative estimate of drug-likeness (QED) is 0.546. The van der Waals surface area contributed by atoms with Gasteiger partial charge in [0.2, 0.25) is 0 Å². The number of thiocarbonyl (C=S) groups is 1. The van der Waals surface area contributed by atoms with E-state index in [1.165, 1.54) is 11.8 Å². The van der Waals surface area contributed by atoms with Crippen LogP contribution in [-0.2, 0) is 4.79 Å². The third kappa shape index (κ3) is 3.76. The Balaban J connectivity index is 1.90. The summed E-state index contributed by atoms with van der Waals surface area (Å²) in [7, 11) is 1.60. The summed E-state index contributed by atoms with van der Waals surface area (Å²) in [6, 6.07) is 13.3. The molecule has 0 unspecified atom stereocenters. The van der Waals surface area contributed by atoms with Crippen molar-refractivity contribution in [2.45, 2.75) is 13.8 Å². The number of rotatable bonds is 5. The summed E-state index contributed by atoms with van der Waals surface area (Å²) in [5, 5.41) is 0. The first-order valence-corrected chi connectivity index (χ1v) is 9.41. The lowest BCUT2D eigenvalue weighted by Crippen LogP contribution is -2.27. The number of benzene rings is 2. The van der Waals surface area contributed by atoms with Crippen LogP contribution < -0.4 is 14.4 Å². The van der Waals surface area contributed by atoms with Crippen molar-refractivity contribution in [1.29, 1.82) is 0 Å². The average Bonchev–Trinajstić information content (AvgIpc) is 2.90. The highest BCUT2D eigenvalue weighted by Gasteiger charge is 2.33. The fraction of sp³-hybridized carbons (Fsp3) is 0.200. The van der Waals surface area contributed by atoms with E-state index >= 15 is 0 Å². The van der Waals surface area contributed by atoms with Gasteiger partial charge in [-0.05, 0) is 55.3 Å². The van der Waals surface area contributed by atoms with E-state index in [-0.39, 0.29) is 5.91 Å². The zero-order valence-electron chi connectivity index (χ0n) is 14.8. The van der Waals surface area contributed by atoms with E-state index in [0.717, 1.165) is 16.8 Å². The van der Waals surface area contributed by atoms with Gasteiger partial charge in [-0.3, -0.25) is 9.69 Å². The molecule has 4 nitrogen and oxygen atoms in total. The Kier molecular flexibility index (Phi) is 5.64. The highest BCUT2D eigenvalue weighted by atomic mass is 32.2. The molecule has 3 rings (SSSR count). The molecule has 134 valence electrons. The number of amides is 1. The molecule has 1 amide bonds. The third-order valence-corrected chi connectivity index (χ3v) is 5.14. The summed E-state index contributed by atoms with van der Waals surface area (Å²) in [6.07, 6.45) is 1.83. The van der Waals surface area contributed by atoms with Crippen molar-refractivity contribution in [3.05, 3.63) is 58.5 Å². The number of carbonyl (C=O) groups excluding carboxylic acids is 1. The van der Waals surface area contributed by atoms with Crippen LogP contribution >= 0.6 is 24.0 Å². The predicted molar refractivity (Wildman–Crippen MR) is 111 cm³/mol. The maximum Gasteiger partial charge on any atom is 0.270 e. The Morgan fingerprint density at radius 2 is 2.00 bits per heavy atom. The molecule has 6 heteroatoms. The van der Waals surface area contributed by atoms with Gasteiger partial charge < -0.3 is 9.47 Å². The van der Waals surface area contributed by atoms with Gasteiger partial charge in [-0.2, -0.15) is 0 Å². The number of hydrogen-bond acceptors (Lipinski definition) is 5. The minimum atomic E-state index is -0.113. The molecule has 0 aliphatic carbocycles. The highest BCUT2D eigenvalue weighted by Crippen LogP contribution is 2.37. The Morgan fingerprint density at radius 3 is 2.69 bits per heavy atom. The molecule has 1 saturated heterocycles. The fourth-order valence-electron chi connectivity index (χ4n) is 2.66. The molecule has 0 N–H and O–H groups in total. The molecule has 1 aliphatic rings. The second-order valence-corrected chi connectivity index (χ2v) is 7.38. The number of thioether (sulfide) groups is 1. The first kappa shape index (κ1) is 18.5. The van der Waals surface area contributed by atoms with Crippen LogP contribution in [0.5, 0.6) is 11.5 Å². The van der Waals surface area contributed by atoms with Crippen molar-refractivity contribution in [2.24, 2.45) is 0 Å². The molecule has 1 heterocycles. The van der Waals surface area contributed by atoms with Crippen LogP contribution in [0.15, 0.2) is 47.4 Å². The monoisotopic (exact) mass is 385 g/mol. The van der Waals surface area contributed by atoms with E-state index < -0.39 is 0 Å². The van der Waals surface area contributed by atoms with Gasteiger partial charge in [0.05, 0.1) is 24.3 Å². The van der Waals surface area contributed by atoms with Crippen molar-refractivity contribution in [1.82, 2.24) is 0 Å². The number of carbonyl (C=O) groups is 1. The molecule has 0 aromatic heterocycles. The van der Waals surface area contributed by atoms with Crippen molar-refractivity contribution in [3.63, 3.8) is 0 Å². The van der Waals surface area contributed by atoms with Gasteiger partial charge in [-0.15, -0.1) is 0 Å². The minimum Gasteiger partial charge on any atom is -0.493 e. The molecule has 26 heavy (non-hydrogen) atoms. The number of anilines is 1. The van der Waals surface area contributed by atoms with E-state index in [9.17, 15) is 4.79 Å². The Bertz CT molecular complexity index is 892. The van der Waals surface area contributed by atoms with Gasteiger partial charge in [0.1, 0.15) is 0 Å². The van der Waals surface area contributed by atoms with Crippen LogP contribution in [-0.4, -0.2) is 23.9 Å². The lowest BCUT2D eigenvalue weighted by Gasteiger charge is -2.14. The standard InChI is InChI=1S/C20H19NO3S2/c1-4-24-16-9-8-14(11-17(16)23-3)12-18-19(22)21(20(25)26-18)15-7-5-6-13(2)10-15/h5-12H,4H2,1-3H3/b18-12+. The zero-order chi connectivity index (χ0) is 18.7. The summed E-state index contributed by atoms with van der Waals surface area (Å²) in [5.41, 5.74) is 2.73. The number of nitrogens with zero attached hydrogens (tertiary/aromatic N) is 1. The van der Waals surface area contributed by atoms with Crippen molar-refractivity contribution in [2.75, 3.05) is 18.6 Å². The zero-order valence-corrected chi connectivity index (χ0v) is 16.4. The molecule has 0 bridgehead atoms. The molecule has 1 fully saturated rings. The highest BCUT2D eigenvalue weighted by molar-refractivity contribution is 8.27. The smallest absolute Gasteiger partial charge is 0.270 e. The SMILES string of the molecule is CCOc1ccc(/C=C2/SC(=S)N(c3cccc(C)c3)C2=O)cc1OC. The molecule has 2 aromatic rings. The maximum absolute atomic E-state index is 12.8. The van der Waals surface area contributed by atoms with E-state index in [0.29, 0.717) is 27.3 Å². The molecule has 1 aliphatic heterocycles. The number of hydrogen-bond donors (Lipinski definition) is 0. The van der Waals surface area contributed by atoms with Gasteiger partial charge in [0.25, 0.3) is 5.91 Å². The van der Waals surface area contributed by atoms with Crippen LogP contribution in [0.3, 0.4) is 0 Å². The lowest BCUT2D eigenvalue weighted by molar-refractivity contribution is -0.113. The second-order valence-electron chi connectivity index (χ2n) is 5.70. The van der Waals surface area contributed by atoms with Crippen LogP contribution in [0.2, 0.25) is 0 Å². The summed E-state index contributed by atoms with van der Waals surface area (Å²) in [6.45, 7) is 4.47. The topological polar surface area (TPSA) is 38.8 Å². The summed E-state index contributed by atoms with van der Waals surface area (Å²) >= 11 is 6.72. The summed E-state index contributed by atoms with van der Waals surface area (Å²) in [4.78, 5) is 15.0. The van der Waals surface area contributed by atoms with E-state index in [1.54, 1.807) is 12.0 Å². The first-order chi connectivity index (χ1) is 12.5. The molecule has 0 spiro atoms. The lowest BCUT2D eigenvalue weighted by atomic mass is 10.1. The fourth-order valence-corrected chi connectivity index (χ4v) is 3.96. The minimum absolute atomic E-state index is 0.113. The summed E-state index contributed by atoms with van der Waals surface area (Å²) in [5.74, 6) is 1.20. The van der Waals surface area contributed by atoms with Gasteiger partial charge in [0.15, 0.2) is 15.8 Å². The van der Waals surface area contributed by atoms with Gasteiger partial charge in [0, 0.05) is 0 Å². The third-order valence-electron chi connectivity index (χ3n) is 3.84. The van der Waals surface area contributed by atoms with Crippen molar-refractivity contribution < 1.29 is 14.3 Å². The second kappa shape index (κ2) is 7.93. The van der Waals surface area contributed by atoms with Crippen LogP contribution in [0.4, 0.5) is 5.69 Å². The predicted octanol–water partition coefficient (Wildman–Crippen LogP) is 4.81. The normalized spacial score (nSPS) is 15.7. The summed E-state index contributed by atoms with van der Waals surface area (Å²) < 4.78 is 11.4. The Labute approximate surface area is 162 Å². The molecular weight excluding hydrogens is 366 g/mol. The number of methoxy groups -OCH3 is 1. The van der Waals surface area contributed by atoms with Gasteiger partial charge >= 0.3 is 0 Å². The van der Waals surface area contributed by atoms with Gasteiger partial charge in [-0.1, -0.05) is 42.2 Å². The maximum atomic E-state index is 12.8. The number of ether oxygens (including phenoxy) is 2. The van der Waals surface area contributed by atoms with Crippen LogP contribution in [0.25, 0.3) is 6.08 Å². The van der Waals surface area contributed by atoms with Crippen molar-refractivity contribution in [3.8, 4) is 11.5 Å². The van der Waals surface area contributed by atoms with E-state index in [1.807, 2.05) is 62.4 Å². The Morgan fingerprint density at radius 1 is 1.19 bits per heavy atom. The molecule has 0 radical (unpaired) electrons. The molecule has 0 atom stereocenters. The average molecular weight is 386 g/mol. The first-order valence-electron chi connectivity index (χ1n) is 8.19. The molecule has 2 aromatic carbocycles.